The molecule has 0 amide bonds. The monoisotopic (exact) mass is 296 g/mol. The highest BCUT2D eigenvalue weighted by molar-refractivity contribution is 7.89. The van der Waals surface area contributed by atoms with E-state index in [9.17, 15) is 12.6 Å². The molecule has 0 aliphatic rings. The minimum absolute atomic E-state index is 0.0455. The minimum Gasteiger partial charge on any atom is -0.260 e. The number of halogens is 1. The van der Waals surface area contributed by atoms with Gasteiger partial charge < -0.3 is 0 Å². The summed E-state index contributed by atoms with van der Waals surface area (Å²) in [5.74, 6) is 0.820. The van der Waals surface area contributed by atoms with Gasteiger partial charge in [0.1, 0.15) is 10.0 Å². The van der Waals surface area contributed by atoms with Gasteiger partial charge in [-0.15, -0.1) is 0 Å². The molecule has 0 aliphatic heterocycles. The van der Waals surface area contributed by atoms with Crippen LogP contribution in [0.1, 0.15) is 6.92 Å². The van der Waals surface area contributed by atoms with E-state index in [1.807, 2.05) is 0 Å². The molecule has 0 radical (unpaired) electrons. The van der Waals surface area contributed by atoms with Crippen molar-refractivity contribution in [1.29, 1.82) is 0 Å². The number of rotatable bonds is 6. The van der Waals surface area contributed by atoms with E-state index in [1.165, 1.54) is 18.3 Å². The van der Waals surface area contributed by atoms with Crippen molar-refractivity contribution < 1.29 is 12.6 Å². The van der Waals surface area contributed by atoms with Crippen LogP contribution in [-0.4, -0.2) is 35.7 Å². The van der Waals surface area contributed by atoms with Gasteiger partial charge in [-0.3, -0.25) is 4.21 Å². The van der Waals surface area contributed by atoms with E-state index in [4.69, 9.17) is 11.6 Å². The van der Waals surface area contributed by atoms with Crippen molar-refractivity contribution in [3.05, 3.63) is 23.5 Å². The summed E-state index contributed by atoms with van der Waals surface area (Å²) in [6.45, 7) is 1.93. The van der Waals surface area contributed by atoms with Gasteiger partial charge in [0.15, 0.2) is 0 Å². The minimum atomic E-state index is -3.59. The summed E-state index contributed by atoms with van der Waals surface area (Å²) >= 11 is 5.56. The van der Waals surface area contributed by atoms with E-state index < -0.39 is 20.8 Å². The van der Waals surface area contributed by atoms with Gasteiger partial charge in [-0.1, -0.05) is 18.5 Å². The lowest BCUT2D eigenvalue weighted by Gasteiger charge is -2.05. The Morgan fingerprint density at radius 1 is 1.47 bits per heavy atom. The topological polar surface area (TPSA) is 76.1 Å². The summed E-state index contributed by atoms with van der Waals surface area (Å²) in [7, 11) is -4.57. The molecule has 5 nitrogen and oxygen atoms in total. The van der Waals surface area contributed by atoms with Gasteiger partial charge in [0, 0.05) is 35.0 Å². The van der Waals surface area contributed by atoms with Gasteiger partial charge in [0.05, 0.1) is 0 Å². The van der Waals surface area contributed by atoms with Crippen molar-refractivity contribution >= 4 is 32.4 Å². The molecule has 1 N–H and O–H groups in total. The molecule has 1 aromatic heterocycles. The molecule has 0 fully saturated rings. The lowest BCUT2D eigenvalue weighted by molar-refractivity contribution is 0.583. The molecule has 1 rings (SSSR count). The van der Waals surface area contributed by atoms with E-state index >= 15 is 0 Å². The number of aromatic nitrogens is 1. The van der Waals surface area contributed by atoms with E-state index in [2.05, 4.69) is 9.71 Å². The highest BCUT2D eigenvalue weighted by Gasteiger charge is 2.13. The highest BCUT2D eigenvalue weighted by atomic mass is 35.5. The Bertz CT molecular complexity index is 487. The molecule has 0 saturated carbocycles. The van der Waals surface area contributed by atoms with Crippen LogP contribution < -0.4 is 4.72 Å². The van der Waals surface area contributed by atoms with E-state index in [1.54, 1.807) is 6.92 Å². The first kappa shape index (κ1) is 14.6. The molecule has 0 spiro atoms. The fourth-order valence-electron chi connectivity index (χ4n) is 1.04. The van der Waals surface area contributed by atoms with Crippen LogP contribution in [0.3, 0.4) is 0 Å². The third kappa shape index (κ3) is 4.71. The smallest absolute Gasteiger partial charge is 0.242 e. The largest absolute Gasteiger partial charge is 0.260 e. The van der Waals surface area contributed by atoms with Crippen LogP contribution in [-0.2, 0) is 20.8 Å². The first-order valence-corrected chi connectivity index (χ1v) is 8.27. The zero-order valence-electron chi connectivity index (χ0n) is 9.22. The number of pyridine rings is 1. The lowest BCUT2D eigenvalue weighted by atomic mass is 10.5. The summed E-state index contributed by atoms with van der Waals surface area (Å²) in [5.41, 5.74) is 0. The summed E-state index contributed by atoms with van der Waals surface area (Å²) in [6, 6.07) is 2.77. The van der Waals surface area contributed by atoms with Crippen LogP contribution in [0.15, 0.2) is 23.2 Å². The second-order valence-corrected chi connectivity index (χ2v) is 7.17. The van der Waals surface area contributed by atoms with Crippen LogP contribution in [0.4, 0.5) is 0 Å². The molecule has 0 saturated heterocycles. The van der Waals surface area contributed by atoms with Crippen LogP contribution in [0, 0.1) is 0 Å². The first-order valence-electron chi connectivity index (χ1n) is 4.92. The Morgan fingerprint density at radius 2 is 2.18 bits per heavy atom. The fraction of sp³-hybridized carbons (Fsp3) is 0.444. The molecule has 8 heteroatoms. The third-order valence-electron chi connectivity index (χ3n) is 1.95. The van der Waals surface area contributed by atoms with Crippen molar-refractivity contribution in [2.45, 2.75) is 11.8 Å². The van der Waals surface area contributed by atoms with Crippen molar-refractivity contribution in [3.63, 3.8) is 0 Å². The Morgan fingerprint density at radius 3 is 2.71 bits per heavy atom. The molecule has 1 heterocycles. The Balaban J connectivity index is 2.63. The van der Waals surface area contributed by atoms with Crippen molar-refractivity contribution in [3.8, 4) is 0 Å². The predicted molar refractivity (Wildman–Crippen MR) is 68.0 cm³/mol. The van der Waals surface area contributed by atoms with Gasteiger partial charge in [-0.25, -0.2) is 18.1 Å². The summed E-state index contributed by atoms with van der Waals surface area (Å²) < 4.78 is 36.9. The fourth-order valence-corrected chi connectivity index (χ4v) is 2.87. The van der Waals surface area contributed by atoms with Crippen molar-refractivity contribution in [2.75, 3.05) is 18.1 Å². The lowest BCUT2D eigenvalue weighted by Crippen LogP contribution is -2.28. The van der Waals surface area contributed by atoms with Crippen molar-refractivity contribution in [2.24, 2.45) is 0 Å². The van der Waals surface area contributed by atoms with Crippen LogP contribution in [0.25, 0.3) is 0 Å². The number of hydrogen-bond acceptors (Lipinski definition) is 4. The van der Waals surface area contributed by atoms with Gasteiger partial charge in [-0.2, -0.15) is 0 Å². The Hall–Kier alpha value is -0.500. The highest BCUT2D eigenvalue weighted by Crippen LogP contribution is 2.10. The maximum atomic E-state index is 11.7. The molecular weight excluding hydrogens is 284 g/mol. The summed E-state index contributed by atoms with van der Waals surface area (Å²) in [6.07, 6.45) is 1.18. The quantitative estimate of drug-likeness (QED) is 0.787. The second-order valence-electron chi connectivity index (χ2n) is 3.15. The molecule has 1 aromatic rings. The standard InChI is InChI=1S/C9H13ClN2O3S2/c1-2-16(13)6-5-12-17(14,15)8-3-4-9(10)11-7-8/h3-4,7,12H,2,5-6H2,1H3. The molecule has 96 valence electrons. The molecule has 0 bridgehead atoms. The number of sulfonamides is 1. The molecule has 1 unspecified atom stereocenters. The first-order chi connectivity index (χ1) is 7.95. The predicted octanol–water partition coefficient (Wildman–Crippen LogP) is 0.782. The molecule has 1 atom stereocenters. The molecular formula is C9H13ClN2O3S2. The Kier molecular flexibility index (Phi) is 5.51. The van der Waals surface area contributed by atoms with Gasteiger partial charge in [0.25, 0.3) is 0 Å². The van der Waals surface area contributed by atoms with Gasteiger partial charge in [-0.05, 0) is 12.1 Å². The SMILES string of the molecule is CCS(=O)CCNS(=O)(=O)c1ccc(Cl)nc1. The number of hydrogen-bond donors (Lipinski definition) is 1. The normalized spacial score (nSPS) is 13.5. The Labute approximate surface area is 108 Å². The van der Waals surface area contributed by atoms with Gasteiger partial charge in [0.2, 0.25) is 10.0 Å². The maximum absolute atomic E-state index is 11.7. The van der Waals surface area contributed by atoms with Crippen LogP contribution >= 0.6 is 11.6 Å². The van der Waals surface area contributed by atoms with E-state index in [-0.39, 0.29) is 16.6 Å². The maximum Gasteiger partial charge on any atom is 0.242 e. The second kappa shape index (κ2) is 6.44. The molecule has 0 aliphatic carbocycles. The van der Waals surface area contributed by atoms with E-state index in [0.29, 0.717) is 11.5 Å². The van der Waals surface area contributed by atoms with Crippen LogP contribution in [0.2, 0.25) is 5.15 Å². The average Bonchev–Trinajstić information content (AvgIpc) is 2.29. The summed E-state index contributed by atoms with van der Waals surface area (Å²) in [4.78, 5) is 3.74. The molecule has 17 heavy (non-hydrogen) atoms. The molecule has 0 aromatic carbocycles. The number of nitrogens with one attached hydrogen (secondary N) is 1. The van der Waals surface area contributed by atoms with Crippen molar-refractivity contribution in [1.82, 2.24) is 9.71 Å². The zero-order chi connectivity index (χ0) is 12.9. The number of nitrogens with zero attached hydrogens (tertiary/aromatic N) is 1. The van der Waals surface area contributed by atoms with Crippen LogP contribution in [0.5, 0.6) is 0 Å². The summed E-state index contributed by atoms with van der Waals surface area (Å²) in [5, 5.41) is 0.232. The average molecular weight is 297 g/mol. The van der Waals surface area contributed by atoms with E-state index in [0.717, 1.165) is 0 Å². The van der Waals surface area contributed by atoms with Gasteiger partial charge >= 0.3 is 0 Å². The third-order valence-corrected chi connectivity index (χ3v) is 4.93. The zero-order valence-corrected chi connectivity index (χ0v) is 11.6.